The summed E-state index contributed by atoms with van der Waals surface area (Å²) in [5.74, 6) is -0.0865. The standard InChI is InChI=1S/C34H37ClFN7O3/c1-20-23(24-8-6-10-26(30(24)35)40-34(45)32-38-27-19-41(2)13-12-28(27)42(32)3)7-5-9-25(20)39-33(44)31-29(46-4)15-21(16-37-31)17-43-14-11-22(36)18-43/h5-10,15-16,22H,11-14,17-19H2,1-4H3,(H,39,44)(H,40,45)/t22-/m1/s1. The third-order valence-electron chi connectivity index (χ3n) is 8.73. The molecule has 10 nitrogen and oxygen atoms in total. The maximum Gasteiger partial charge on any atom is 0.291 e. The summed E-state index contributed by atoms with van der Waals surface area (Å²) in [6.07, 6.45) is 2.18. The van der Waals surface area contributed by atoms with Crippen molar-refractivity contribution in [3.63, 3.8) is 0 Å². The van der Waals surface area contributed by atoms with Gasteiger partial charge in [-0.3, -0.25) is 14.5 Å². The number of likely N-dealkylation sites (tertiary alicyclic amines) is 1. The van der Waals surface area contributed by atoms with E-state index in [1.807, 2.05) is 54.8 Å². The maximum absolute atomic E-state index is 13.6. The SMILES string of the molecule is COc1cc(CN2CC[C@@H](F)C2)cnc1C(=O)Nc1cccc(-c2cccc(NC(=O)c3nc4c(n3C)CCN(C)C4)c2Cl)c1C. The van der Waals surface area contributed by atoms with Crippen LogP contribution in [0.1, 0.15) is 50.0 Å². The van der Waals surface area contributed by atoms with Crippen molar-refractivity contribution < 1.29 is 18.7 Å². The molecule has 1 atom stereocenters. The first-order valence-corrected chi connectivity index (χ1v) is 15.6. The number of ether oxygens (including phenoxy) is 1. The number of carbonyl (C=O) groups excluding carboxylic acids is 2. The molecule has 4 aromatic rings. The number of fused-ring (bicyclic) bond motifs is 1. The van der Waals surface area contributed by atoms with E-state index in [-0.39, 0.29) is 11.6 Å². The number of pyridine rings is 1. The normalized spacial score (nSPS) is 16.7. The molecule has 12 heteroatoms. The molecule has 2 aliphatic heterocycles. The summed E-state index contributed by atoms with van der Waals surface area (Å²) < 4.78 is 21.0. The van der Waals surface area contributed by atoms with E-state index >= 15 is 0 Å². The van der Waals surface area contributed by atoms with Crippen molar-refractivity contribution in [3.05, 3.63) is 87.7 Å². The quantitative estimate of drug-likeness (QED) is 0.261. The molecule has 0 unspecified atom stereocenters. The lowest BCUT2D eigenvalue weighted by atomic mass is 9.98. The van der Waals surface area contributed by atoms with Crippen molar-refractivity contribution in [1.82, 2.24) is 24.3 Å². The second-order valence-electron chi connectivity index (χ2n) is 11.9. The number of hydrogen-bond donors (Lipinski definition) is 2. The predicted molar refractivity (Wildman–Crippen MR) is 176 cm³/mol. The number of rotatable bonds is 8. The highest BCUT2D eigenvalue weighted by atomic mass is 35.5. The molecule has 1 fully saturated rings. The number of benzene rings is 2. The minimum atomic E-state index is -0.811. The minimum absolute atomic E-state index is 0.145. The van der Waals surface area contributed by atoms with E-state index in [0.29, 0.717) is 66.1 Å². The van der Waals surface area contributed by atoms with Crippen LogP contribution in [0.15, 0.2) is 48.7 Å². The van der Waals surface area contributed by atoms with Crippen LogP contribution in [0.5, 0.6) is 5.75 Å². The Labute approximate surface area is 272 Å². The summed E-state index contributed by atoms with van der Waals surface area (Å²) in [5.41, 5.74) is 6.29. The number of methoxy groups -OCH3 is 1. The highest BCUT2D eigenvalue weighted by Crippen LogP contribution is 2.38. The molecule has 6 rings (SSSR count). The Balaban J connectivity index is 1.20. The Hall–Kier alpha value is -4.32. The molecule has 2 aromatic carbocycles. The maximum atomic E-state index is 13.6. The molecule has 0 radical (unpaired) electrons. The number of hydrogen-bond acceptors (Lipinski definition) is 7. The number of aromatic nitrogens is 3. The van der Waals surface area contributed by atoms with Crippen molar-refractivity contribution >= 4 is 34.8 Å². The van der Waals surface area contributed by atoms with Crippen molar-refractivity contribution in [1.29, 1.82) is 0 Å². The fourth-order valence-electron chi connectivity index (χ4n) is 6.21. The van der Waals surface area contributed by atoms with E-state index in [1.165, 1.54) is 7.11 Å². The highest BCUT2D eigenvalue weighted by Gasteiger charge is 2.26. The zero-order chi connectivity index (χ0) is 32.5. The lowest BCUT2D eigenvalue weighted by molar-refractivity contribution is 0.100. The van der Waals surface area contributed by atoms with Gasteiger partial charge in [0, 0.05) is 69.3 Å². The summed E-state index contributed by atoms with van der Waals surface area (Å²) in [5, 5.41) is 6.28. The van der Waals surface area contributed by atoms with Crippen LogP contribution in [0.4, 0.5) is 15.8 Å². The van der Waals surface area contributed by atoms with Gasteiger partial charge in [0.25, 0.3) is 11.8 Å². The van der Waals surface area contributed by atoms with Gasteiger partial charge in [0.2, 0.25) is 0 Å². The molecule has 2 aromatic heterocycles. The number of likely N-dealkylation sites (N-methyl/N-ethyl adjacent to an activating group) is 1. The molecule has 2 aliphatic rings. The second kappa shape index (κ2) is 13.2. The Morgan fingerprint density at radius 2 is 1.80 bits per heavy atom. The summed E-state index contributed by atoms with van der Waals surface area (Å²) in [4.78, 5) is 39.9. The minimum Gasteiger partial charge on any atom is -0.494 e. The third kappa shape index (κ3) is 6.35. The zero-order valence-electron chi connectivity index (χ0n) is 26.4. The number of anilines is 2. The Morgan fingerprint density at radius 3 is 2.54 bits per heavy atom. The van der Waals surface area contributed by atoms with Gasteiger partial charge < -0.3 is 24.8 Å². The van der Waals surface area contributed by atoms with Gasteiger partial charge in [0.1, 0.15) is 6.17 Å². The van der Waals surface area contributed by atoms with Crippen LogP contribution in [0.25, 0.3) is 11.1 Å². The molecule has 0 saturated carbocycles. The molecule has 0 bridgehead atoms. The summed E-state index contributed by atoms with van der Waals surface area (Å²) in [7, 11) is 5.39. The van der Waals surface area contributed by atoms with E-state index in [9.17, 15) is 14.0 Å². The van der Waals surface area contributed by atoms with Gasteiger partial charge in [-0.1, -0.05) is 35.9 Å². The molecule has 1 saturated heterocycles. The van der Waals surface area contributed by atoms with Gasteiger partial charge in [-0.25, -0.2) is 14.4 Å². The lowest BCUT2D eigenvalue weighted by Gasteiger charge is -2.21. The molecular formula is C34H37ClFN7O3. The van der Waals surface area contributed by atoms with Gasteiger partial charge in [-0.15, -0.1) is 0 Å². The van der Waals surface area contributed by atoms with E-state index in [4.69, 9.17) is 16.3 Å². The van der Waals surface area contributed by atoms with E-state index < -0.39 is 12.1 Å². The summed E-state index contributed by atoms with van der Waals surface area (Å²) in [6, 6.07) is 12.8. The Kier molecular flexibility index (Phi) is 9.08. The number of carbonyl (C=O) groups is 2. The lowest BCUT2D eigenvalue weighted by Crippen LogP contribution is -2.27. The molecular weight excluding hydrogens is 609 g/mol. The molecule has 240 valence electrons. The first kappa shape index (κ1) is 31.7. The fourth-order valence-corrected chi connectivity index (χ4v) is 6.48. The summed E-state index contributed by atoms with van der Waals surface area (Å²) in [6.45, 7) is 5.12. The topological polar surface area (TPSA) is 105 Å². The third-order valence-corrected chi connectivity index (χ3v) is 9.14. The zero-order valence-corrected chi connectivity index (χ0v) is 27.1. The van der Waals surface area contributed by atoms with Crippen LogP contribution in [-0.2, 0) is 26.6 Å². The van der Waals surface area contributed by atoms with Gasteiger partial charge in [0.05, 0.1) is 23.5 Å². The number of nitrogens with zero attached hydrogens (tertiary/aromatic N) is 5. The Morgan fingerprint density at radius 1 is 1.07 bits per heavy atom. The average Bonchev–Trinajstić information content (AvgIpc) is 3.60. The average molecular weight is 646 g/mol. The smallest absolute Gasteiger partial charge is 0.291 e. The number of imidazole rings is 1. The molecule has 0 aliphatic carbocycles. The molecule has 4 heterocycles. The van der Waals surface area contributed by atoms with Gasteiger partial charge in [0.15, 0.2) is 17.3 Å². The van der Waals surface area contributed by atoms with Crippen LogP contribution < -0.4 is 15.4 Å². The van der Waals surface area contributed by atoms with E-state index in [1.54, 1.807) is 24.4 Å². The van der Waals surface area contributed by atoms with Gasteiger partial charge in [-0.05, 0) is 55.3 Å². The van der Waals surface area contributed by atoms with Crippen molar-refractivity contribution in [2.75, 3.05) is 44.4 Å². The number of amides is 2. The molecule has 2 N–H and O–H groups in total. The van der Waals surface area contributed by atoms with Crippen LogP contribution >= 0.6 is 11.6 Å². The van der Waals surface area contributed by atoms with E-state index in [2.05, 4.69) is 25.5 Å². The largest absolute Gasteiger partial charge is 0.494 e. The van der Waals surface area contributed by atoms with Gasteiger partial charge >= 0.3 is 0 Å². The molecule has 46 heavy (non-hydrogen) atoms. The monoisotopic (exact) mass is 645 g/mol. The molecule has 0 spiro atoms. The predicted octanol–water partition coefficient (Wildman–Crippen LogP) is 5.49. The van der Waals surface area contributed by atoms with Crippen LogP contribution in [0.2, 0.25) is 5.02 Å². The van der Waals surface area contributed by atoms with Crippen LogP contribution in [0.3, 0.4) is 0 Å². The number of alkyl halides is 1. The Bertz CT molecular complexity index is 1810. The van der Waals surface area contributed by atoms with Gasteiger partial charge in [-0.2, -0.15) is 0 Å². The van der Waals surface area contributed by atoms with E-state index in [0.717, 1.165) is 41.0 Å². The van der Waals surface area contributed by atoms with Crippen LogP contribution in [-0.4, -0.2) is 76.1 Å². The molecule has 2 amide bonds. The fraction of sp³-hybridized carbons (Fsp3) is 0.353. The van der Waals surface area contributed by atoms with Crippen molar-refractivity contribution in [2.45, 2.75) is 39.0 Å². The summed E-state index contributed by atoms with van der Waals surface area (Å²) >= 11 is 6.90. The first-order chi connectivity index (χ1) is 22.1. The highest BCUT2D eigenvalue weighted by molar-refractivity contribution is 6.36. The van der Waals surface area contributed by atoms with Crippen molar-refractivity contribution in [3.8, 4) is 16.9 Å². The van der Waals surface area contributed by atoms with Crippen LogP contribution in [0, 0.1) is 6.92 Å². The number of halogens is 2. The first-order valence-electron chi connectivity index (χ1n) is 15.3. The van der Waals surface area contributed by atoms with Crippen molar-refractivity contribution in [2.24, 2.45) is 7.05 Å². The number of nitrogens with one attached hydrogen (secondary N) is 2. The second-order valence-corrected chi connectivity index (χ2v) is 12.3.